The highest BCUT2D eigenvalue weighted by molar-refractivity contribution is 7.99. The molecule has 1 aromatic rings. The quantitative estimate of drug-likeness (QED) is 0.754. The van der Waals surface area contributed by atoms with Crippen molar-refractivity contribution in [2.75, 3.05) is 0 Å². The van der Waals surface area contributed by atoms with E-state index in [9.17, 15) is 5.26 Å². The van der Waals surface area contributed by atoms with Crippen molar-refractivity contribution in [1.29, 1.82) is 5.26 Å². The molecule has 1 nitrogen and oxygen atoms in total. The van der Waals surface area contributed by atoms with Gasteiger partial charge < -0.3 is 0 Å². The molecule has 2 rings (SSSR count). The minimum atomic E-state index is 0.258. The Labute approximate surface area is 127 Å². The van der Waals surface area contributed by atoms with E-state index in [4.69, 9.17) is 0 Å². The standard InChI is InChI=1S/C18H25NS/c1-4-15-5-6-17(11-19)18(10-15)20-12-16-8-13(2)7-14(3)9-16/h7-9,15,17-18H,4-6,10,12H2,1-3H3. The van der Waals surface area contributed by atoms with E-state index >= 15 is 0 Å². The molecule has 108 valence electrons. The normalized spacial score (nSPS) is 26.2. The molecule has 1 aliphatic carbocycles. The average molecular weight is 287 g/mol. The van der Waals surface area contributed by atoms with Crippen molar-refractivity contribution >= 4 is 11.8 Å². The van der Waals surface area contributed by atoms with Crippen LogP contribution in [0.4, 0.5) is 0 Å². The molecule has 20 heavy (non-hydrogen) atoms. The summed E-state index contributed by atoms with van der Waals surface area (Å²) in [5.41, 5.74) is 4.09. The zero-order valence-corrected chi connectivity index (χ0v) is 13.7. The molecule has 0 heterocycles. The van der Waals surface area contributed by atoms with E-state index in [1.807, 2.05) is 11.8 Å². The first-order valence-electron chi connectivity index (χ1n) is 7.70. The third-order valence-corrected chi connectivity index (χ3v) is 5.84. The first kappa shape index (κ1) is 15.4. The van der Waals surface area contributed by atoms with Crippen LogP contribution in [-0.2, 0) is 5.75 Å². The van der Waals surface area contributed by atoms with Crippen LogP contribution in [0.15, 0.2) is 18.2 Å². The lowest BCUT2D eigenvalue weighted by Crippen LogP contribution is -2.26. The molecule has 0 N–H and O–H groups in total. The number of rotatable bonds is 4. The Balaban J connectivity index is 1.98. The SMILES string of the molecule is CCC1CCC(C#N)C(SCc2cc(C)cc(C)c2)C1. The summed E-state index contributed by atoms with van der Waals surface area (Å²) in [4.78, 5) is 0. The topological polar surface area (TPSA) is 23.8 Å². The molecule has 1 aliphatic rings. The molecule has 0 aromatic heterocycles. The van der Waals surface area contributed by atoms with E-state index in [1.54, 1.807) is 0 Å². The Morgan fingerprint density at radius 1 is 1.20 bits per heavy atom. The molecule has 3 unspecified atom stereocenters. The van der Waals surface area contributed by atoms with Gasteiger partial charge >= 0.3 is 0 Å². The van der Waals surface area contributed by atoms with Gasteiger partial charge in [0.25, 0.3) is 0 Å². The van der Waals surface area contributed by atoms with Crippen molar-refractivity contribution in [3.05, 3.63) is 34.9 Å². The molecule has 0 aliphatic heterocycles. The van der Waals surface area contributed by atoms with Crippen LogP contribution in [-0.4, -0.2) is 5.25 Å². The molecular weight excluding hydrogens is 262 g/mol. The highest BCUT2D eigenvalue weighted by atomic mass is 32.2. The van der Waals surface area contributed by atoms with Gasteiger partial charge in [0.2, 0.25) is 0 Å². The van der Waals surface area contributed by atoms with Gasteiger partial charge in [-0.3, -0.25) is 0 Å². The summed E-state index contributed by atoms with van der Waals surface area (Å²) in [5, 5.41) is 9.87. The molecule has 1 saturated carbocycles. The van der Waals surface area contributed by atoms with Crippen LogP contribution in [0.1, 0.15) is 49.3 Å². The lowest BCUT2D eigenvalue weighted by atomic mass is 9.81. The van der Waals surface area contributed by atoms with Gasteiger partial charge in [-0.05, 0) is 44.6 Å². The van der Waals surface area contributed by atoms with Gasteiger partial charge in [0, 0.05) is 11.0 Å². The number of aryl methyl sites for hydroxylation is 2. The van der Waals surface area contributed by atoms with Gasteiger partial charge in [0.05, 0.1) is 12.0 Å². The Morgan fingerprint density at radius 3 is 2.50 bits per heavy atom. The second-order valence-corrected chi connectivity index (χ2v) is 7.40. The van der Waals surface area contributed by atoms with E-state index < -0.39 is 0 Å². The van der Waals surface area contributed by atoms with Crippen LogP contribution < -0.4 is 0 Å². The fraction of sp³-hybridized carbons (Fsp3) is 0.611. The minimum absolute atomic E-state index is 0.258. The summed E-state index contributed by atoms with van der Waals surface area (Å²) in [6.45, 7) is 6.60. The van der Waals surface area contributed by atoms with Crippen molar-refractivity contribution in [3.8, 4) is 6.07 Å². The van der Waals surface area contributed by atoms with Crippen molar-refractivity contribution in [3.63, 3.8) is 0 Å². The van der Waals surface area contributed by atoms with Crippen LogP contribution in [0.3, 0.4) is 0 Å². The third kappa shape index (κ3) is 4.03. The maximum Gasteiger partial charge on any atom is 0.0667 e. The van der Waals surface area contributed by atoms with Crippen molar-refractivity contribution in [2.24, 2.45) is 11.8 Å². The van der Waals surface area contributed by atoms with Gasteiger partial charge in [0.15, 0.2) is 0 Å². The predicted molar refractivity (Wildman–Crippen MR) is 87.7 cm³/mol. The van der Waals surface area contributed by atoms with Crippen molar-refractivity contribution in [2.45, 2.75) is 57.5 Å². The largest absolute Gasteiger partial charge is 0.198 e. The highest BCUT2D eigenvalue weighted by Gasteiger charge is 2.29. The summed E-state index contributed by atoms with van der Waals surface area (Å²) in [6, 6.07) is 9.32. The molecule has 0 spiro atoms. The molecule has 0 saturated heterocycles. The van der Waals surface area contributed by atoms with Crippen molar-refractivity contribution in [1.82, 2.24) is 0 Å². The average Bonchev–Trinajstić information content (AvgIpc) is 2.43. The Hall–Kier alpha value is -0.940. The lowest BCUT2D eigenvalue weighted by Gasteiger charge is -2.32. The van der Waals surface area contributed by atoms with Crippen LogP contribution in [0.2, 0.25) is 0 Å². The first-order chi connectivity index (χ1) is 9.62. The van der Waals surface area contributed by atoms with Gasteiger partial charge in [0.1, 0.15) is 0 Å². The smallest absolute Gasteiger partial charge is 0.0667 e. The highest BCUT2D eigenvalue weighted by Crippen LogP contribution is 2.38. The Morgan fingerprint density at radius 2 is 1.90 bits per heavy atom. The van der Waals surface area contributed by atoms with E-state index in [2.05, 4.69) is 45.0 Å². The molecule has 1 aromatic carbocycles. The van der Waals surface area contributed by atoms with Crippen LogP contribution in [0.5, 0.6) is 0 Å². The zero-order valence-electron chi connectivity index (χ0n) is 12.9. The number of hydrogen-bond acceptors (Lipinski definition) is 2. The molecule has 1 fully saturated rings. The van der Waals surface area contributed by atoms with Gasteiger partial charge in [-0.25, -0.2) is 0 Å². The summed E-state index contributed by atoms with van der Waals surface area (Å²) < 4.78 is 0. The fourth-order valence-electron chi connectivity index (χ4n) is 3.27. The number of nitriles is 1. The number of benzene rings is 1. The second kappa shape index (κ2) is 7.18. The molecule has 2 heteroatoms. The van der Waals surface area contributed by atoms with E-state index in [0.29, 0.717) is 5.25 Å². The molecule has 0 radical (unpaired) electrons. The van der Waals surface area contributed by atoms with Gasteiger partial charge in [-0.2, -0.15) is 17.0 Å². The van der Waals surface area contributed by atoms with E-state index in [1.165, 1.54) is 36.0 Å². The Bertz CT molecular complexity index is 468. The molecule has 3 atom stereocenters. The predicted octanol–water partition coefficient (Wildman–Crippen LogP) is 5.26. The van der Waals surface area contributed by atoms with Crippen molar-refractivity contribution < 1.29 is 0 Å². The second-order valence-electron chi connectivity index (χ2n) is 6.17. The lowest BCUT2D eigenvalue weighted by molar-refractivity contribution is 0.317. The fourth-order valence-corrected chi connectivity index (χ4v) is 4.68. The maximum absolute atomic E-state index is 9.34. The molecule has 0 bridgehead atoms. The van der Waals surface area contributed by atoms with E-state index in [0.717, 1.165) is 18.1 Å². The third-order valence-electron chi connectivity index (χ3n) is 4.39. The van der Waals surface area contributed by atoms with Gasteiger partial charge in [-0.1, -0.05) is 42.7 Å². The minimum Gasteiger partial charge on any atom is -0.198 e. The van der Waals surface area contributed by atoms with Crippen LogP contribution in [0, 0.1) is 37.0 Å². The van der Waals surface area contributed by atoms with E-state index in [-0.39, 0.29) is 5.92 Å². The van der Waals surface area contributed by atoms with Crippen LogP contribution >= 0.6 is 11.8 Å². The summed E-state index contributed by atoms with van der Waals surface area (Å²) in [6.07, 6.45) is 4.83. The zero-order chi connectivity index (χ0) is 14.5. The van der Waals surface area contributed by atoms with Crippen LogP contribution in [0.25, 0.3) is 0 Å². The maximum atomic E-state index is 9.34. The van der Waals surface area contributed by atoms with Gasteiger partial charge in [-0.15, -0.1) is 0 Å². The number of thioether (sulfide) groups is 1. The Kier molecular flexibility index (Phi) is 5.54. The summed E-state index contributed by atoms with van der Waals surface area (Å²) in [5.74, 6) is 2.13. The number of hydrogen-bond donors (Lipinski definition) is 0. The first-order valence-corrected chi connectivity index (χ1v) is 8.75. The molecule has 0 amide bonds. The summed E-state index contributed by atoms with van der Waals surface area (Å²) >= 11 is 2.00. The molecular formula is C18H25NS. The number of nitrogens with zero attached hydrogens (tertiary/aromatic N) is 1. The summed E-state index contributed by atoms with van der Waals surface area (Å²) in [7, 11) is 0. The monoisotopic (exact) mass is 287 g/mol.